The van der Waals surface area contributed by atoms with Gasteiger partial charge in [-0.3, -0.25) is 0 Å². The van der Waals surface area contributed by atoms with Gasteiger partial charge in [0.15, 0.2) is 0 Å². The normalized spacial score (nSPS) is 15.8. The van der Waals surface area contributed by atoms with E-state index in [1.165, 1.54) is 0 Å². The van der Waals surface area contributed by atoms with E-state index in [2.05, 4.69) is 18.8 Å². The Morgan fingerprint density at radius 3 is 2.71 bits per heavy atom. The van der Waals surface area contributed by atoms with Gasteiger partial charge in [0.2, 0.25) is 0 Å². The quantitative estimate of drug-likeness (QED) is 0.811. The van der Waals surface area contributed by atoms with Crippen molar-refractivity contribution < 1.29 is 4.74 Å². The van der Waals surface area contributed by atoms with Crippen molar-refractivity contribution in [3.05, 3.63) is 16.6 Å². The van der Waals surface area contributed by atoms with Crippen LogP contribution in [0.25, 0.3) is 0 Å². The van der Waals surface area contributed by atoms with Crippen LogP contribution < -0.4 is 5.73 Å². The van der Waals surface area contributed by atoms with Gasteiger partial charge in [-0.25, -0.2) is 4.98 Å². The highest BCUT2D eigenvalue weighted by Gasteiger charge is 2.21. The molecular weight excluding hydrogens is 196 g/mol. The second-order valence-corrected chi connectivity index (χ2v) is 4.72. The van der Waals surface area contributed by atoms with E-state index in [1.54, 1.807) is 18.4 Å². The maximum Gasteiger partial charge on any atom is 0.0941 e. The summed E-state index contributed by atoms with van der Waals surface area (Å²) in [5, 5.41) is 3.05. The number of hydrogen-bond donors (Lipinski definition) is 1. The van der Waals surface area contributed by atoms with Crippen molar-refractivity contribution in [2.45, 2.75) is 32.4 Å². The van der Waals surface area contributed by atoms with E-state index in [4.69, 9.17) is 10.5 Å². The van der Waals surface area contributed by atoms with E-state index < -0.39 is 0 Å². The van der Waals surface area contributed by atoms with Gasteiger partial charge in [-0.2, -0.15) is 0 Å². The van der Waals surface area contributed by atoms with E-state index in [-0.39, 0.29) is 12.1 Å². The fourth-order valence-corrected chi connectivity index (χ4v) is 2.30. The van der Waals surface area contributed by atoms with Crippen LogP contribution in [-0.4, -0.2) is 24.2 Å². The summed E-state index contributed by atoms with van der Waals surface area (Å²) >= 11 is 1.64. The molecule has 0 spiro atoms. The highest BCUT2D eigenvalue weighted by molar-refractivity contribution is 7.09. The van der Waals surface area contributed by atoms with Crippen molar-refractivity contribution in [2.24, 2.45) is 11.7 Å². The molecule has 0 saturated heterocycles. The molecule has 1 aromatic rings. The zero-order chi connectivity index (χ0) is 10.6. The number of hydrogen-bond acceptors (Lipinski definition) is 4. The van der Waals surface area contributed by atoms with Gasteiger partial charge < -0.3 is 10.5 Å². The molecule has 0 aliphatic heterocycles. The third-order valence-electron chi connectivity index (χ3n) is 2.25. The van der Waals surface area contributed by atoms with Gasteiger partial charge in [-0.1, -0.05) is 13.8 Å². The molecule has 0 saturated carbocycles. The lowest BCUT2D eigenvalue weighted by atomic mass is 9.98. The van der Waals surface area contributed by atoms with Gasteiger partial charge in [0, 0.05) is 31.1 Å². The third-order valence-corrected chi connectivity index (χ3v) is 3.05. The number of ether oxygens (including phenoxy) is 1. The predicted octanol–water partition coefficient (Wildman–Crippen LogP) is 1.68. The van der Waals surface area contributed by atoms with Gasteiger partial charge in [-0.15, -0.1) is 11.3 Å². The number of nitrogens with two attached hydrogens (primary N) is 1. The van der Waals surface area contributed by atoms with Crippen molar-refractivity contribution in [3.63, 3.8) is 0 Å². The average Bonchev–Trinajstić information content (AvgIpc) is 2.57. The Labute approximate surface area is 89.3 Å². The lowest BCUT2D eigenvalue weighted by molar-refractivity contribution is 0.0441. The second-order valence-electron chi connectivity index (χ2n) is 3.74. The molecule has 0 radical (unpaired) electrons. The van der Waals surface area contributed by atoms with Crippen LogP contribution in [0.2, 0.25) is 0 Å². The lowest BCUT2D eigenvalue weighted by Gasteiger charge is -2.25. The SMILES string of the molecule is COC(C(C)C)C(N)Cc1nccs1. The molecule has 0 fully saturated rings. The highest BCUT2D eigenvalue weighted by atomic mass is 32.1. The number of aromatic nitrogens is 1. The van der Waals surface area contributed by atoms with E-state index in [1.807, 2.05) is 11.6 Å². The molecule has 0 aliphatic rings. The molecule has 80 valence electrons. The summed E-state index contributed by atoms with van der Waals surface area (Å²) in [6.07, 6.45) is 2.72. The Bertz CT molecular complexity index is 249. The van der Waals surface area contributed by atoms with Crippen molar-refractivity contribution in [3.8, 4) is 0 Å². The Balaban J connectivity index is 2.51. The zero-order valence-electron chi connectivity index (χ0n) is 8.93. The van der Waals surface area contributed by atoms with Gasteiger partial charge >= 0.3 is 0 Å². The third kappa shape index (κ3) is 3.04. The minimum atomic E-state index is 0.0335. The van der Waals surface area contributed by atoms with Crippen LogP contribution in [0.4, 0.5) is 0 Å². The number of methoxy groups -OCH3 is 1. The van der Waals surface area contributed by atoms with Crippen LogP contribution in [-0.2, 0) is 11.2 Å². The van der Waals surface area contributed by atoms with Gasteiger partial charge in [-0.05, 0) is 5.92 Å². The molecule has 0 bridgehead atoms. The largest absolute Gasteiger partial charge is 0.380 e. The molecular formula is C10H18N2OS. The summed E-state index contributed by atoms with van der Waals surface area (Å²) in [4.78, 5) is 4.22. The minimum absolute atomic E-state index is 0.0335. The van der Waals surface area contributed by atoms with Crippen molar-refractivity contribution in [2.75, 3.05) is 7.11 Å². The molecule has 2 N–H and O–H groups in total. The molecule has 0 amide bonds. The molecule has 14 heavy (non-hydrogen) atoms. The fraction of sp³-hybridized carbons (Fsp3) is 0.700. The topological polar surface area (TPSA) is 48.1 Å². The molecule has 4 heteroatoms. The van der Waals surface area contributed by atoms with Gasteiger partial charge in [0.25, 0.3) is 0 Å². The summed E-state index contributed by atoms with van der Waals surface area (Å²) in [7, 11) is 1.71. The van der Waals surface area contributed by atoms with E-state index in [0.29, 0.717) is 5.92 Å². The summed E-state index contributed by atoms with van der Waals surface area (Å²) in [5.41, 5.74) is 6.06. The molecule has 1 rings (SSSR count). The second kappa shape index (κ2) is 5.44. The molecule has 1 aromatic heterocycles. The number of thiazole rings is 1. The summed E-state index contributed by atoms with van der Waals surface area (Å²) in [6, 6.07) is 0.0335. The fourth-order valence-electron chi connectivity index (χ4n) is 1.61. The van der Waals surface area contributed by atoms with Crippen LogP contribution in [0.15, 0.2) is 11.6 Å². The van der Waals surface area contributed by atoms with Crippen LogP contribution in [0, 0.1) is 5.92 Å². The van der Waals surface area contributed by atoms with Crippen molar-refractivity contribution in [1.82, 2.24) is 4.98 Å². The van der Waals surface area contributed by atoms with Gasteiger partial charge in [0.1, 0.15) is 0 Å². The Morgan fingerprint density at radius 1 is 1.57 bits per heavy atom. The number of rotatable bonds is 5. The first-order chi connectivity index (χ1) is 6.65. The van der Waals surface area contributed by atoms with Crippen molar-refractivity contribution in [1.29, 1.82) is 0 Å². The maximum absolute atomic E-state index is 6.06. The van der Waals surface area contributed by atoms with Crippen LogP contribution in [0.1, 0.15) is 18.9 Å². The average molecular weight is 214 g/mol. The first-order valence-corrected chi connectivity index (χ1v) is 5.70. The predicted molar refractivity (Wildman–Crippen MR) is 59.4 cm³/mol. The van der Waals surface area contributed by atoms with Gasteiger partial charge in [0.05, 0.1) is 11.1 Å². The molecule has 1 heterocycles. The van der Waals surface area contributed by atoms with E-state index >= 15 is 0 Å². The molecule has 0 aliphatic carbocycles. The standard InChI is InChI=1S/C10H18N2OS/c1-7(2)10(13-3)8(11)6-9-12-4-5-14-9/h4-5,7-8,10H,6,11H2,1-3H3. The molecule has 2 atom stereocenters. The molecule has 0 aromatic carbocycles. The first-order valence-electron chi connectivity index (χ1n) is 4.82. The first kappa shape index (κ1) is 11.6. The lowest BCUT2D eigenvalue weighted by Crippen LogP contribution is -2.41. The van der Waals surface area contributed by atoms with Crippen LogP contribution >= 0.6 is 11.3 Å². The van der Waals surface area contributed by atoms with E-state index in [9.17, 15) is 0 Å². The number of nitrogens with zero attached hydrogens (tertiary/aromatic N) is 1. The highest BCUT2D eigenvalue weighted by Crippen LogP contribution is 2.14. The maximum atomic E-state index is 6.06. The monoisotopic (exact) mass is 214 g/mol. The Kier molecular flexibility index (Phi) is 4.51. The van der Waals surface area contributed by atoms with Crippen molar-refractivity contribution >= 4 is 11.3 Å². The molecule has 2 unspecified atom stereocenters. The summed E-state index contributed by atoms with van der Waals surface area (Å²) in [6.45, 7) is 4.24. The minimum Gasteiger partial charge on any atom is -0.380 e. The zero-order valence-corrected chi connectivity index (χ0v) is 9.75. The summed E-state index contributed by atoms with van der Waals surface area (Å²) in [5.74, 6) is 0.440. The Hall–Kier alpha value is -0.450. The van der Waals surface area contributed by atoms with Crippen LogP contribution in [0.3, 0.4) is 0 Å². The smallest absolute Gasteiger partial charge is 0.0941 e. The molecule has 3 nitrogen and oxygen atoms in total. The summed E-state index contributed by atoms with van der Waals surface area (Å²) < 4.78 is 5.37. The Morgan fingerprint density at radius 2 is 2.29 bits per heavy atom. The van der Waals surface area contributed by atoms with E-state index in [0.717, 1.165) is 11.4 Å². The van der Waals surface area contributed by atoms with Crippen LogP contribution in [0.5, 0.6) is 0 Å².